The van der Waals surface area contributed by atoms with Gasteiger partial charge in [0.2, 0.25) is 5.13 Å². The Morgan fingerprint density at radius 1 is 0.962 bits per heavy atom. The molecule has 3 aromatic carbocycles. The summed E-state index contributed by atoms with van der Waals surface area (Å²) in [7, 11) is 0. The number of hydrogen-bond donors (Lipinski definition) is 0. The van der Waals surface area contributed by atoms with E-state index in [1.165, 1.54) is 23.5 Å². The van der Waals surface area contributed by atoms with E-state index >= 15 is 0 Å². The van der Waals surface area contributed by atoms with E-state index in [2.05, 4.69) is 33.4 Å². The molecule has 26 heavy (non-hydrogen) atoms. The van der Waals surface area contributed by atoms with E-state index in [-0.39, 0.29) is 5.56 Å². The molecule has 6 heteroatoms. The number of aromatic nitrogens is 1. The summed E-state index contributed by atoms with van der Waals surface area (Å²) in [6.07, 6.45) is 0. The number of nitrogens with zero attached hydrogens (tertiary/aromatic N) is 3. The number of rotatable bonds is 4. The molecule has 0 saturated carbocycles. The van der Waals surface area contributed by atoms with Gasteiger partial charge in [-0.25, -0.2) is 13.8 Å². The van der Waals surface area contributed by atoms with Gasteiger partial charge in [-0.15, -0.1) is 16.5 Å². The molecule has 3 nitrogen and oxygen atoms in total. The molecule has 1 heterocycles. The van der Waals surface area contributed by atoms with Crippen LogP contribution in [0.25, 0.3) is 22.0 Å². The second-order valence-electron chi connectivity index (χ2n) is 5.68. The van der Waals surface area contributed by atoms with E-state index in [4.69, 9.17) is 0 Å². The number of azo groups is 1. The molecular weight excluding hydrogens is 352 g/mol. The maximum atomic E-state index is 13.8. The van der Waals surface area contributed by atoms with Crippen molar-refractivity contribution in [2.75, 3.05) is 0 Å². The lowest BCUT2D eigenvalue weighted by molar-refractivity contribution is 0.585. The Balaban J connectivity index is 1.54. The highest BCUT2D eigenvalue weighted by molar-refractivity contribution is 7.13. The third-order valence-electron chi connectivity index (χ3n) is 3.98. The van der Waals surface area contributed by atoms with Gasteiger partial charge in [0.25, 0.3) is 0 Å². The van der Waals surface area contributed by atoms with Crippen LogP contribution < -0.4 is 0 Å². The van der Waals surface area contributed by atoms with Crippen LogP contribution in [-0.4, -0.2) is 4.98 Å². The Labute approximate surface area is 152 Å². The summed E-state index contributed by atoms with van der Waals surface area (Å²) in [6, 6.07) is 17.6. The smallest absolute Gasteiger partial charge is 0.217 e. The molecule has 0 spiro atoms. The third kappa shape index (κ3) is 3.36. The highest BCUT2D eigenvalue weighted by Crippen LogP contribution is 2.29. The predicted molar refractivity (Wildman–Crippen MR) is 99.6 cm³/mol. The summed E-state index contributed by atoms with van der Waals surface area (Å²) in [5.74, 6) is -1.26. The molecular formula is C20H13F2N3S. The van der Waals surface area contributed by atoms with Crippen LogP contribution in [-0.2, 0) is 6.54 Å². The zero-order chi connectivity index (χ0) is 17.9. The molecule has 4 rings (SSSR count). The quantitative estimate of drug-likeness (QED) is 0.379. The molecule has 0 unspecified atom stereocenters. The monoisotopic (exact) mass is 365 g/mol. The van der Waals surface area contributed by atoms with Gasteiger partial charge in [0.15, 0.2) is 0 Å². The van der Waals surface area contributed by atoms with Crippen molar-refractivity contribution in [2.24, 2.45) is 10.2 Å². The van der Waals surface area contributed by atoms with Crippen LogP contribution in [0.4, 0.5) is 13.9 Å². The third-order valence-corrected chi connectivity index (χ3v) is 4.70. The lowest BCUT2D eigenvalue weighted by Gasteiger charge is -2.02. The van der Waals surface area contributed by atoms with Gasteiger partial charge in [0, 0.05) is 17.0 Å². The second-order valence-corrected chi connectivity index (χ2v) is 6.51. The molecule has 1 aromatic heterocycles. The van der Waals surface area contributed by atoms with Crippen LogP contribution in [0.2, 0.25) is 0 Å². The first-order valence-electron chi connectivity index (χ1n) is 7.96. The molecule has 4 aromatic rings. The van der Waals surface area contributed by atoms with Crippen molar-refractivity contribution < 1.29 is 8.78 Å². The normalized spacial score (nSPS) is 11.5. The van der Waals surface area contributed by atoms with E-state index in [0.29, 0.717) is 17.4 Å². The molecule has 0 bridgehead atoms. The number of benzene rings is 3. The molecule has 0 radical (unpaired) electrons. The van der Waals surface area contributed by atoms with Crippen molar-refractivity contribution >= 4 is 27.2 Å². The minimum absolute atomic E-state index is 0.248. The zero-order valence-electron chi connectivity index (χ0n) is 13.6. The first kappa shape index (κ1) is 16.5. The van der Waals surface area contributed by atoms with Crippen molar-refractivity contribution in [3.63, 3.8) is 0 Å². The average Bonchev–Trinajstić information content (AvgIpc) is 3.10. The van der Waals surface area contributed by atoms with Crippen molar-refractivity contribution in [3.05, 3.63) is 83.2 Å². The number of fused-ring (bicyclic) bond motifs is 1. The van der Waals surface area contributed by atoms with Crippen molar-refractivity contribution in [1.29, 1.82) is 0 Å². The topological polar surface area (TPSA) is 37.6 Å². The Kier molecular flexibility index (Phi) is 4.50. The van der Waals surface area contributed by atoms with Gasteiger partial charge in [-0.1, -0.05) is 42.5 Å². The highest BCUT2D eigenvalue weighted by Gasteiger charge is 2.10. The van der Waals surface area contributed by atoms with Gasteiger partial charge in [-0.05, 0) is 28.5 Å². The van der Waals surface area contributed by atoms with E-state index in [1.54, 1.807) is 5.38 Å². The largest absolute Gasteiger partial charge is 0.230 e. The fraction of sp³-hybridized carbons (Fsp3) is 0.0500. The minimum Gasteiger partial charge on any atom is -0.217 e. The van der Waals surface area contributed by atoms with Crippen molar-refractivity contribution in [3.8, 4) is 11.3 Å². The van der Waals surface area contributed by atoms with Crippen molar-refractivity contribution in [1.82, 2.24) is 4.98 Å². The van der Waals surface area contributed by atoms with Gasteiger partial charge in [-0.2, -0.15) is 5.11 Å². The van der Waals surface area contributed by atoms with Crippen LogP contribution in [0.5, 0.6) is 0 Å². The second kappa shape index (κ2) is 7.09. The van der Waals surface area contributed by atoms with E-state index < -0.39 is 11.6 Å². The molecule has 0 aliphatic carbocycles. The lowest BCUT2D eigenvalue weighted by atomic mass is 10.1. The molecule has 128 valence electrons. The van der Waals surface area contributed by atoms with E-state index in [0.717, 1.165) is 22.4 Å². The van der Waals surface area contributed by atoms with Crippen LogP contribution in [0.3, 0.4) is 0 Å². The number of thiazole rings is 1. The predicted octanol–water partition coefficient (Wildman–Crippen LogP) is 6.53. The van der Waals surface area contributed by atoms with Gasteiger partial charge < -0.3 is 0 Å². The summed E-state index contributed by atoms with van der Waals surface area (Å²) in [5, 5.41) is 12.8. The van der Waals surface area contributed by atoms with Crippen LogP contribution in [0, 0.1) is 11.6 Å². The molecule has 0 fully saturated rings. The standard InChI is InChI=1S/C20H13F2N3S/c21-15-8-9-17(18(22)10-15)19-12-26-20(24-19)25-23-11-14-6-3-5-13-4-1-2-7-16(13)14/h1-10,12H,11H2. The lowest BCUT2D eigenvalue weighted by Crippen LogP contribution is -1.86. The zero-order valence-corrected chi connectivity index (χ0v) is 14.4. The summed E-state index contributed by atoms with van der Waals surface area (Å²) >= 11 is 1.26. The first-order chi connectivity index (χ1) is 12.7. The van der Waals surface area contributed by atoms with Gasteiger partial charge >= 0.3 is 0 Å². The Morgan fingerprint density at radius 3 is 2.69 bits per heavy atom. The van der Waals surface area contributed by atoms with Crippen molar-refractivity contribution in [2.45, 2.75) is 6.54 Å². The molecule has 0 aliphatic heterocycles. The minimum atomic E-state index is -0.644. The number of hydrogen-bond acceptors (Lipinski definition) is 4. The molecule has 0 aliphatic rings. The first-order valence-corrected chi connectivity index (χ1v) is 8.84. The summed E-state index contributed by atoms with van der Waals surface area (Å²) in [6.45, 7) is 0.432. The number of halogens is 2. The Hall–Kier alpha value is -2.99. The molecule has 0 saturated heterocycles. The molecule has 0 atom stereocenters. The van der Waals surface area contributed by atoms with Gasteiger partial charge in [0.1, 0.15) is 11.6 Å². The summed E-state index contributed by atoms with van der Waals surface area (Å²) in [5.41, 5.74) is 1.75. The average molecular weight is 365 g/mol. The maximum absolute atomic E-state index is 13.8. The fourth-order valence-corrected chi connectivity index (χ4v) is 3.39. The molecule has 0 N–H and O–H groups in total. The van der Waals surface area contributed by atoms with E-state index in [1.807, 2.05) is 24.3 Å². The Bertz CT molecular complexity index is 1100. The highest BCUT2D eigenvalue weighted by atomic mass is 32.1. The SMILES string of the molecule is Fc1ccc(-c2csc(N=NCc3cccc4ccccc34)n2)c(F)c1. The van der Waals surface area contributed by atoms with Crippen LogP contribution in [0.15, 0.2) is 76.3 Å². The van der Waals surface area contributed by atoms with E-state index in [9.17, 15) is 8.78 Å². The van der Waals surface area contributed by atoms with Crippen LogP contribution >= 0.6 is 11.3 Å². The van der Waals surface area contributed by atoms with Gasteiger partial charge in [0.05, 0.1) is 12.2 Å². The Morgan fingerprint density at radius 2 is 1.81 bits per heavy atom. The summed E-state index contributed by atoms with van der Waals surface area (Å²) < 4.78 is 26.9. The summed E-state index contributed by atoms with van der Waals surface area (Å²) in [4.78, 5) is 4.26. The molecule has 0 amide bonds. The maximum Gasteiger partial charge on any atom is 0.230 e. The van der Waals surface area contributed by atoms with Crippen LogP contribution in [0.1, 0.15) is 5.56 Å². The fourth-order valence-electron chi connectivity index (χ4n) is 2.73. The van der Waals surface area contributed by atoms with Gasteiger partial charge in [-0.3, -0.25) is 0 Å².